The lowest BCUT2D eigenvalue weighted by Crippen LogP contribution is -2.48. The van der Waals surface area contributed by atoms with Crippen molar-refractivity contribution < 1.29 is 14.4 Å². The summed E-state index contributed by atoms with van der Waals surface area (Å²) >= 11 is 1.57. The minimum Gasteiger partial charge on any atom is -0.388 e. The zero-order valence-corrected chi connectivity index (χ0v) is 14.9. The molecule has 130 valence electrons. The molecule has 1 unspecified atom stereocenters. The normalized spacial score (nSPS) is 18.3. The number of carbonyl (C=O) groups excluding carboxylic acids is 1. The van der Waals surface area contributed by atoms with Gasteiger partial charge < -0.3 is 14.5 Å². The van der Waals surface area contributed by atoms with Crippen molar-refractivity contribution in [3.05, 3.63) is 23.4 Å². The maximum absolute atomic E-state index is 12.4. The third-order valence-electron chi connectivity index (χ3n) is 4.38. The quantitative estimate of drug-likeness (QED) is 0.867. The summed E-state index contributed by atoms with van der Waals surface area (Å²) in [5, 5.41) is 16.2. The molecule has 1 amide bonds. The first-order chi connectivity index (χ1) is 11.4. The zero-order chi connectivity index (χ0) is 17.2. The molecule has 3 rings (SSSR count). The van der Waals surface area contributed by atoms with Gasteiger partial charge in [-0.05, 0) is 44.6 Å². The van der Waals surface area contributed by atoms with Gasteiger partial charge in [-0.15, -0.1) is 11.3 Å². The van der Waals surface area contributed by atoms with Gasteiger partial charge in [-0.3, -0.25) is 4.79 Å². The summed E-state index contributed by atoms with van der Waals surface area (Å²) in [6.45, 7) is 4.28. The number of amides is 1. The van der Waals surface area contributed by atoms with Gasteiger partial charge in [0.05, 0.1) is 16.5 Å². The van der Waals surface area contributed by atoms with Gasteiger partial charge in [0.1, 0.15) is 0 Å². The van der Waals surface area contributed by atoms with E-state index in [0.29, 0.717) is 31.0 Å². The Kier molecular flexibility index (Phi) is 5.01. The van der Waals surface area contributed by atoms with Crippen molar-refractivity contribution in [1.29, 1.82) is 0 Å². The number of hydrogen-bond donors (Lipinski definition) is 1. The highest BCUT2D eigenvalue weighted by molar-refractivity contribution is 7.13. The minimum absolute atomic E-state index is 0.0844. The Morgan fingerprint density at radius 3 is 3.08 bits per heavy atom. The van der Waals surface area contributed by atoms with E-state index in [9.17, 15) is 9.90 Å². The molecule has 0 radical (unpaired) electrons. The van der Waals surface area contributed by atoms with E-state index in [0.717, 1.165) is 24.3 Å². The molecule has 0 aromatic carbocycles. The fourth-order valence-electron chi connectivity index (χ4n) is 3.20. The van der Waals surface area contributed by atoms with Crippen LogP contribution in [0.15, 0.2) is 22.0 Å². The monoisotopic (exact) mass is 349 g/mol. The molecule has 1 aliphatic heterocycles. The Balaban J connectivity index is 1.50. The summed E-state index contributed by atoms with van der Waals surface area (Å²) in [6.07, 6.45) is 3.51. The summed E-state index contributed by atoms with van der Waals surface area (Å²) in [6, 6.07) is 3.82. The van der Waals surface area contributed by atoms with Crippen LogP contribution in [0.4, 0.5) is 0 Å². The van der Waals surface area contributed by atoms with E-state index in [-0.39, 0.29) is 11.9 Å². The van der Waals surface area contributed by atoms with Gasteiger partial charge in [0.2, 0.25) is 17.6 Å². The maximum atomic E-state index is 12.4. The lowest BCUT2D eigenvalue weighted by molar-refractivity contribution is -0.136. The first kappa shape index (κ1) is 17.1. The van der Waals surface area contributed by atoms with Crippen molar-refractivity contribution in [3.63, 3.8) is 0 Å². The molecule has 1 aliphatic rings. The van der Waals surface area contributed by atoms with Crippen molar-refractivity contribution in [2.45, 2.75) is 57.6 Å². The number of aryl methyl sites for hydroxylation is 1. The van der Waals surface area contributed by atoms with Crippen LogP contribution in [0.5, 0.6) is 0 Å². The van der Waals surface area contributed by atoms with Gasteiger partial charge in [-0.25, -0.2) is 0 Å². The average molecular weight is 349 g/mol. The second kappa shape index (κ2) is 7.03. The summed E-state index contributed by atoms with van der Waals surface area (Å²) < 4.78 is 5.25. The van der Waals surface area contributed by atoms with Crippen LogP contribution in [-0.2, 0) is 11.2 Å². The molecule has 1 atom stereocenters. The number of aromatic nitrogens is 2. The van der Waals surface area contributed by atoms with E-state index >= 15 is 0 Å². The van der Waals surface area contributed by atoms with E-state index in [4.69, 9.17) is 4.52 Å². The number of thiophene rings is 1. The Bertz CT molecular complexity index is 676. The molecule has 1 fully saturated rings. The lowest BCUT2D eigenvalue weighted by atomic mass is 9.96. The minimum atomic E-state index is -0.853. The molecular weight excluding hydrogens is 326 g/mol. The highest BCUT2D eigenvalue weighted by Gasteiger charge is 2.37. The highest BCUT2D eigenvalue weighted by atomic mass is 32.1. The Morgan fingerprint density at radius 1 is 1.54 bits per heavy atom. The fraction of sp³-hybridized carbons (Fsp3) is 0.588. The lowest BCUT2D eigenvalue weighted by Gasteiger charge is -2.33. The summed E-state index contributed by atoms with van der Waals surface area (Å²) in [5.41, 5.74) is -0.853. The van der Waals surface area contributed by atoms with E-state index < -0.39 is 5.60 Å². The van der Waals surface area contributed by atoms with Gasteiger partial charge in [0.25, 0.3) is 0 Å². The van der Waals surface area contributed by atoms with Crippen LogP contribution in [0.3, 0.4) is 0 Å². The Labute approximate surface area is 145 Å². The van der Waals surface area contributed by atoms with Gasteiger partial charge in [0.15, 0.2) is 0 Å². The third kappa shape index (κ3) is 3.84. The largest absolute Gasteiger partial charge is 0.388 e. The van der Waals surface area contributed by atoms with E-state index in [1.165, 1.54) is 0 Å². The summed E-state index contributed by atoms with van der Waals surface area (Å²) in [7, 11) is 0. The predicted octanol–water partition coefficient (Wildman–Crippen LogP) is 2.88. The number of hydrogen-bond acceptors (Lipinski definition) is 6. The Hall–Kier alpha value is -1.73. The van der Waals surface area contributed by atoms with Crippen molar-refractivity contribution in [3.8, 4) is 10.7 Å². The molecule has 0 bridgehead atoms. The van der Waals surface area contributed by atoms with E-state index in [2.05, 4.69) is 10.1 Å². The second-order valence-electron chi connectivity index (χ2n) is 6.74. The van der Waals surface area contributed by atoms with Crippen molar-refractivity contribution in [2.24, 2.45) is 0 Å². The number of likely N-dealkylation sites (tertiary alicyclic amines) is 1. The Morgan fingerprint density at radius 2 is 2.38 bits per heavy atom. The molecule has 0 saturated carbocycles. The van der Waals surface area contributed by atoms with Crippen LogP contribution < -0.4 is 0 Å². The molecular formula is C17H23N3O3S. The SMILES string of the molecule is CC(C)(O)C1CCCN1C(=O)CCCc1nc(-c2cccs2)no1. The second-order valence-corrected chi connectivity index (χ2v) is 7.69. The standard InChI is InChI=1S/C17H23N3O3S/c1-17(2,22)13-7-4-10-20(13)15(21)9-3-8-14-18-16(19-23-14)12-6-5-11-24-12/h5-6,11,13,22H,3-4,7-10H2,1-2H3. The van der Waals surface area contributed by atoms with E-state index in [1.54, 1.807) is 25.2 Å². The van der Waals surface area contributed by atoms with Crippen LogP contribution in [0, 0.1) is 0 Å². The van der Waals surface area contributed by atoms with E-state index in [1.807, 2.05) is 22.4 Å². The molecule has 6 nitrogen and oxygen atoms in total. The molecule has 2 aromatic heterocycles. The zero-order valence-electron chi connectivity index (χ0n) is 14.1. The molecule has 24 heavy (non-hydrogen) atoms. The summed E-state index contributed by atoms with van der Waals surface area (Å²) in [5.74, 6) is 1.26. The van der Waals surface area contributed by atoms with Crippen LogP contribution in [-0.4, -0.2) is 44.2 Å². The van der Waals surface area contributed by atoms with Crippen LogP contribution in [0.1, 0.15) is 45.4 Å². The van der Waals surface area contributed by atoms with Gasteiger partial charge >= 0.3 is 0 Å². The fourth-order valence-corrected chi connectivity index (χ4v) is 3.85. The van der Waals surface area contributed by atoms with Crippen molar-refractivity contribution in [1.82, 2.24) is 15.0 Å². The van der Waals surface area contributed by atoms with Gasteiger partial charge in [-0.1, -0.05) is 11.2 Å². The van der Waals surface area contributed by atoms with Gasteiger partial charge in [0, 0.05) is 19.4 Å². The maximum Gasteiger partial charge on any atom is 0.226 e. The number of nitrogens with zero attached hydrogens (tertiary/aromatic N) is 3. The number of rotatable bonds is 6. The molecule has 3 heterocycles. The molecule has 0 aliphatic carbocycles. The number of aliphatic hydroxyl groups is 1. The topological polar surface area (TPSA) is 79.5 Å². The van der Waals surface area contributed by atoms with Crippen molar-refractivity contribution in [2.75, 3.05) is 6.54 Å². The predicted molar refractivity (Wildman–Crippen MR) is 91.6 cm³/mol. The smallest absolute Gasteiger partial charge is 0.226 e. The first-order valence-corrected chi connectivity index (χ1v) is 9.21. The molecule has 7 heteroatoms. The first-order valence-electron chi connectivity index (χ1n) is 8.33. The van der Waals surface area contributed by atoms with Gasteiger partial charge in [-0.2, -0.15) is 4.98 Å². The van der Waals surface area contributed by atoms with Crippen LogP contribution in [0.2, 0.25) is 0 Å². The van der Waals surface area contributed by atoms with Crippen molar-refractivity contribution >= 4 is 17.2 Å². The summed E-state index contributed by atoms with van der Waals surface area (Å²) in [4.78, 5) is 19.6. The molecule has 2 aromatic rings. The average Bonchev–Trinajstić information content (AvgIpc) is 3.26. The number of carbonyl (C=O) groups is 1. The molecule has 1 N–H and O–H groups in total. The van der Waals surface area contributed by atoms with Crippen LogP contribution in [0.25, 0.3) is 10.7 Å². The van der Waals surface area contributed by atoms with Crippen LogP contribution >= 0.6 is 11.3 Å². The third-order valence-corrected chi connectivity index (χ3v) is 5.25. The molecule has 0 spiro atoms. The molecule has 1 saturated heterocycles. The highest BCUT2D eigenvalue weighted by Crippen LogP contribution is 2.27.